The Labute approximate surface area is 344 Å². The largest absolute Gasteiger partial charge is 0.479 e. The maximum atomic E-state index is 12.4. The van der Waals surface area contributed by atoms with Crippen LogP contribution in [0.4, 0.5) is 0 Å². The maximum absolute atomic E-state index is 12.4. The molecule has 0 amide bonds. The van der Waals surface area contributed by atoms with E-state index in [2.05, 4.69) is 0 Å². The smallest absolute Gasteiger partial charge is 0.336 e. The molecule has 5 aliphatic rings. The van der Waals surface area contributed by atoms with Crippen molar-refractivity contribution < 1.29 is 138 Å². The third kappa shape index (κ3) is 10.6. The first-order chi connectivity index (χ1) is 28.8. The van der Waals surface area contributed by atoms with E-state index in [1.807, 2.05) is 0 Å². The summed E-state index contributed by atoms with van der Waals surface area (Å²) >= 11 is 0. The monoisotopic (exact) mass is 898 g/mol. The molecule has 0 aromatic carbocycles. The number of carboxylic acids is 1. The number of ether oxygens (including phenoxy) is 11. The number of esters is 1. The zero-order chi connectivity index (χ0) is 45.2. The highest BCUT2D eigenvalue weighted by atomic mass is 16.8. The Kier molecular flexibility index (Phi) is 17.5. The van der Waals surface area contributed by atoms with Crippen molar-refractivity contribution >= 4 is 11.9 Å². The van der Waals surface area contributed by atoms with Gasteiger partial charge in [0.2, 0.25) is 0 Å². The van der Waals surface area contributed by atoms with Crippen LogP contribution in [0.25, 0.3) is 0 Å². The molecule has 0 radical (unpaired) electrons. The summed E-state index contributed by atoms with van der Waals surface area (Å²) < 4.78 is 59.3. The van der Waals surface area contributed by atoms with Crippen molar-refractivity contribution in [1.82, 2.24) is 0 Å². The molecule has 5 aliphatic heterocycles. The van der Waals surface area contributed by atoms with Crippen LogP contribution in [0.3, 0.4) is 0 Å². The van der Waals surface area contributed by atoms with Gasteiger partial charge in [-0.15, -0.1) is 0 Å². The number of aliphatic hydroxyl groups excluding tert-OH is 14. The number of carbonyl (C=O) groups excluding carboxylic acids is 1. The Balaban J connectivity index is 1.34. The molecule has 28 heteroatoms. The highest BCUT2D eigenvalue weighted by Crippen LogP contribution is 2.36. The van der Waals surface area contributed by atoms with E-state index in [1.54, 1.807) is 0 Å². The predicted molar refractivity (Wildman–Crippen MR) is 181 cm³/mol. The van der Waals surface area contributed by atoms with Crippen LogP contribution >= 0.6 is 0 Å². The standard InChI is InChI=1S/C33H54O28/c1-7(37)53-26-25(60-31-17(43)15(41)12(38)8(3-34)55-31)21(47)33(61-27(26)28(48)49)59-24-13(39)9(4-35)56-32(20(24)46)58-23-14(40)11(54-29(50)19(23)45)6-52-30-18(44)16(42)22(51-2)10(5-36)57-30/h8-27,29-36,38-47,50H,3-6H2,1-2H3,(H,48,49)/t8-,9-,10-,11-,12-,13-,14-,15+,16-,17-,18-,19-,20+,21-,22+,23+,24+,25-,26-,27+,29?,30+,31+,32-,33+/m1/s1. The maximum Gasteiger partial charge on any atom is 0.336 e. The second kappa shape index (κ2) is 21.3. The molecule has 25 atom stereocenters. The second-order valence-corrected chi connectivity index (χ2v) is 14.8. The Morgan fingerprint density at radius 1 is 0.475 bits per heavy atom. The average Bonchev–Trinajstić information content (AvgIpc) is 3.22. The molecule has 5 saturated heterocycles. The molecule has 0 aromatic heterocycles. The number of hydrogen-bond donors (Lipinski definition) is 15. The molecule has 0 spiro atoms. The Morgan fingerprint density at radius 2 is 0.951 bits per heavy atom. The fourth-order valence-electron chi connectivity index (χ4n) is 7.47. The lowest BCUT2D eigenvalue weighted by Gasteiger charge is -2.49. The van der Waals surface area contributed by atoms with Crippen molar-refractivity contribution in [1.29, 1.82) is 0 Å². The average molecular weight is 899 g/mol. The quantitative estimate of drug-likeness (QED) is 0.0679. The third-order valence-corrected chi connectivity index (χ3v) is 10.8. The molecule has 15 N–H and O–H groups in total. The number of carboxylic acid groups (broad SMARTS) is 1. The van der Waals surface area contributed by atoms with E-state index in [-0.39, 0.29) is 0 Å². The normalized spacial score (nSPS) is 49.6. The van der Waals surface area contributed by atoms with Gasteiger partial charge in [0.25, 0.3) is 0 Å². The molecular weight excluding hydrogens is 844 g/mol. The van der Waals surface area contributed by atoms with Crippen LogP contribution in [-0.2, 0) is 61.7 Å². The van der Waals surface area contributed by atoms with Gasteiger partial charge < -0.3 is 129 Å². The van der Waals surface area contributed by atoms with E-state index in [4.69, 9.17) is 52.1 Å². The zero-order valence-electron chi connectivity index (χ0n) is 32.3. The van der Waals surface area contributed by atoms with Crippen LogP contribution in [0.1, 0.15) is 6.92 Å². The Hall–Kier alpha value is -2.02. The molecule has 1 unspecified atom stereocenters. The summed E-state index contributed by atoms with van der Waals surface area (Å²) in [6, 6.07) is 0. The lowest BCUT2D eigenvalue weighted by atomic mass is 9.95. The van der Waals surface area contributed by atoms with Crippen molar-refractivity contribution in [2.45, 2.75) is 160 Å². The first kappa shape index (κ1) is 50.0. The van der Waals surface area contributed by atoms with Gasteiger partial charge in [-0.3, -0.25) is 4.79 Å². The summed E-state index contributed by atoms with van der Waals surface area (Å²) in [5.74, 6) is -2.98. The summed E-state index contributed by atoms with van der Waals surface area (Å²) in [5.41, 5.74) is 0. The van der Waals surface area contributed by atoms with Gasteiger partial charge in [0.1, 0.15) is 110 Å². The van der Waals surface area contributed by atoms with Crippen LogP contribution in [0.5, 0.6) is 0 Å². The molecule has 5 heterocycles. The van der Waals surface area contributed by atoms with Crippen molar-refractivity contribution in [2.75, 3.05) is 33.5 Å². The van der Waals surface area contributed by atoms with Crippen LogP contribution in [0.2, 0.25) is 0 Å². The SMILES string of the molecule is CO[C@@H]1[C@H](O)[C@@H](O)[C@@H](OC[C@H]2OC(O)[C@H](O)[C@@H](O[C@H]3O[C@H](CO)[C@@H](O)[C@H](O[C@H]4O[C@H](C(=O)O)[C@H](OC(C)=O)[C@H](O[C@@H]5O[C@H](CO)[C@@H](O)[C@H](O)[C@H]5O)[C@H]4O)[C@@H]3O)[C@@H]2O)O[C@@H]1CO. The van der Waals surface area contributed by atoms with Gasteiger partial charge in [-0.1, -0.05) is 0 Å². The first-order valence-electron chi connectivity index (χ1n) is 18.9. The third-order valence-electron chi connectivity index (χ3n) is 10.8. The lowest BCUT2D eigenvalue weighted by Crippen LogP contribution is -2.68. The van der Waals surface area contributed by atoms with Gasteiger partial charge in [0.05, 0.1) is 26.4 Å². The lowest BCUT2D eigenvalue weighted by molar-refractivity contribution is -0.388. The number of hydrogen-bond acceptors (Lipinski definition) is 27. The molecular formula is C33H54O28. The summed E-state index contributed by atoms with van der Waals surface area (Å²) in [6.45, 7) is -2.51. The summed E-state index contributed by atoms with van der Waals surface area (Å²) in [7, 11) is 1.20. The summed E-state index contributed by atoms with van der Waals surface area (Å²) in [4.78, 5) is 24.5. The van der Waals surface area contributed by atoms with E-state index >= 15 is 0 Å². The van der Waals surface area contributed by atoms with Crippen molar-refractivity contribution in [3.05, 3.63) is 0 Å². The molecule has 0 aliphatic carbocycles. The van der Waals surface area contributed by atoms with Crippen molar-refractivity contribution in [3.8, 4) is 0 Å². The van der Waals surface area contributed by atoms with Crippen LogP contribution in [-0.4, -0.2) is 276 Å². The van der Waals surface area contributed by atoms with E-state index in [0.29, 0.717) is 0 Å². The Bertz CT molecular complexity index is 1410. The molecule has 28 nitrogen and oxygen atoms in total. The predicted octanol–water partition coefficient (Wildman–Crippen LogP) is -10.6. The topological polar surface area (TPSA) is 439 Å². The zero-order valence-corrected chi connectivity index (χ0v) is 32.3. The minimum Gasteiger partial charge on any atom is -0.479 e. The first-order valence-corrected chi connectivity index (χ1v) is 18.9. The fourth-order valence-corrected chi connectivity index (χ4v) is 7.47. The molecule has 0 aromatic rings. The molecule has 5 rings (SSSR count). The number of methoxy groups -OCH3 is 1. The van der Waals surface area contributed by atoms with E-state index in [1.165, 1.54) is 7.11 Å². The molecule has 0 bridgehead atoms. The van der Waals surface area contributed by atoms with Crippen LogP contribution in [0.15, 0.2) is 0 Å². The molecule has 0 saturated carbocycles. The van der Waals surface area contributed by atoms with Gasteiger partial charge >= 0.3 is 11.9 Å². The van der Waals surface area contributed by atoms with E-state index < -0.39 is 192 Å². The van der Waals surface area contributed by atoms with Gasteiger partial charge in [0, 0.05) is 14.0 Å². The van der Waals surface area contributed by atoms with E-state index in [0.717, 1.165) is 6.92 Å². The van der Waals surface area contributed by atoms with Crippen molar-refractivity contribution in [2.24, 2.45) is 0 Å². The van der Waals surface area contributed by atoms with E-state index in [9.17, 15) is 86.2 Å². The second-order valence-electron chi connectivity index (χ2n) is 14.8. The number of aliphatic hydroxyl groups is 14. The van der Waals surface area contributed by atoms with Gasteiger partial charge in [0.15, 0.2) is 43.7 Å². The molecule has 61 heavy (non-hydrogen) atoms. The summed E-state index contributed by atoms with van der Waals surface area (Å²) in [6.07, 6.45) is -48.1. The van der Waals surface area contributed by atoms with Gasteiger partial charge in [-0.05, 0) is 0 Å². The highest BCUT2D eigenvalue weighted by Gasteiger charge is 2.58. The van der Waals surface area contributed by atoms with Gasteiger partial charge in [-0.2, -0.15) is 0 Å². The summed E-state index contributed by atoms with van der Waals surface area (Å²) in [5, 5.41) is 158. The number of carbonyl (C=O) groups is 2. The minimum absolute atomic E-state index is 0.666. The Morgan fingerprint density at radius 3 is 1.51 bits per heavy atom. The number of rotatable bonds is 15. The van der Waals surface area contributed by atoms with Crippen LogP contribution < -0.4 is 0 Å². The minimum atomic E-state index is -2.31. The molecule has 354 valence electrons. The highest BCUT2D eigenvalue weighted by molar-refractivity contribution is 5.74. The van der Waals surface area contributed by atoms with Crippen LogP contribution in [0, 0.1) is 0 Å². The fraction of sp³-hybridized carbons (Fsp3) is 0.939. The number of aliphatic carboxylic acids is 1. The molecule has 5 fully saturated rings. The van der Waals surface area contributed by atoms with Crippen molar-refractivity contribution in [3.63, 3.8) is 0 Å². The van der Waals surface area contributed by atoms with Gasteiger partial charge in [-0.25, -0.2) is 4.79 Å².